The lowest BCUT2D eigenvalue weighted by molar-refractivity contribution is 0.0955. The number of aromatic hydroxyl groups is 2. The Labute approximate surface area is 134 Å². The molecular formula is C17H18N2O4. The average molecular weight is 314 g/mol. The Balaban J connectivity index is 1.97. The largest absolute Gasteiger partial charge is 0.508 e. The minimum Gasteiger partial charge on any atom is -0.508 e. The highest BCUT2D eigenvalue weighted by Crippen LogP contribution is 2.22. The van der Waals surface area contributed by atoms with Gasteiger partial charge in [-0.1, -0.05) is 6.92 Å². The van der Waals surface area contributed by atoms with Gasteiger partial charge < -0.3 is 14.9 Å². The minimum absolute atomic E-state index is 0.0150. The topological polar surface area (TPSA) is 91.2 Å². The maximum atomic E-state index is 11.8. The van der Waals surface area contributed by atoms with E-state index in [0.29, 0.717) is 23.5 Å². The number of ether oxygens (including phenoxy) is 1. The number of nitrogens with one attached hydrogen (secondary N) is 1. The Morgan fingerprint density at radius 2 is 1.96 bits per heavy atom. The van der Waals surface area contributed by atoms with Crippen molar-refractivity contribution in [3.05, 3.63) is 53.6 Å². The molecule has 0 aliphatic carbocycles. The van der Waals surface area contributed by atoms with E-state index in [1.165, 1.54) is 36.5 Å². The van der Waals surface area contributed by atoms with E-state index in [4.69, 9.17) is 4.74 Å². The van der Waals surface area contributed by atoms with Gasteiger partial charge in [0, 0.05) is 17.2 Å². The summed E-state index contributed by atoms with van der Waals surface area (Å²) in [6.45, 7) is 2.58. The smallest absolute Gasteiger partial charge is 0.271 e. The second kappa shape index (κ2) is 7.84. The molecular weight excluding hydrogens is 296 g/mol. The van der Waals surface area contributed by atoms with Crippen molar-refractivity contribution in [2.45, 2.75) is 13.3 Å². The van der Waals surface area contributed by atoms with E-state index in [-0.39, 0.29) is 11.5 Å². The van der Waals surface area contributed by atoms with Crippen LogP contribution in [0.15, 0.2) is 47.6 Å². The zero-order valence-electron chi connectivity index (χ0n) is 12.7. The van der Waals surface area contributed by atoms with Crippen molar-refractivity contribution >= 4 is 12.1 Å². The van der Waals surface area contributed by atoms with E-state index < -0.39 is 5.91 Å². The van der Waals surface area contributed by atoms with Gasteiger partial charge >= 0.3 is 0 Å². The van der Waals surface area contributed by atoms with Crippen LogP contribution in [-0.2, 0) is 0 Å². The first-order valence-electron chi connectivity index (χ1n) is 7.18. The van der Waals surface area contributed by atoms with Crippen molar-refractivity contribution in [1.29, 1.82) is 0 Å². The Morgan fingerprint density at radius 3 is 2.61 bits per heavy atom. The van der Waals surface area contributed by atoms with Crippen LogP contribution in [0.25, 0.3) is 0 Å². The van der Waals surface area contributed by atoms with Gasteiger partial charge in [0.2, 0.25) is 0 Å². The zero-order valence-corrected chi connectivity index (χ0v) is 12.7. The van der Waals surface area contributed by atoms with E-state index in [0.717, 1.165) is 6.42 Å². The quantitative estimate of drug-likeness (QED) is 0.564. The molecule has 6 heteroatoms. The number of phenols is 2. The number of hydrazone groups is 1. The third kappa shape index (κ3) is 4.74. The van der Waals surface area contributed by atoms with Crippen molar-refractivity contribution < 1.29 is 19.7 Å². The molecule has 23 heavy (non-hydrogen) atoms. The zero-order chi connectivity index (χ0) is 16.7. The van der Waals surface area contributed by atoms with Gasteiger partial charge in [-0.25, -0.2) is 5.43 Å². The molecule has 0 saturated heterocycles. The van der Waals surface area contributed by atoms with E-state index in [2.05, 4.69) is 10.5 Å². The highest BCUT2D eigenvalue weighted by molar-refractivity contribution is 5.95. The monoisotopic (exact) mass is 314 g/mol. The van der Waals surface area contributed by atoms with E-state index in [9.17, 15) is 15.0 Å². The van der Waals surface area contributed by atoms with E-state index >= 15 is 0 Å². The summed E-state index contributed by atoms with van der Waals surface area (Å²) in [7, 11) is 0. The van der Waals surface area contributed by atoms with E-state index in [1.54, 1.807) is 12.1 Å². The van der Waals surface area contributed by atoms with Crippen LogP contribution in [0.4, 0.5) is 0 Å². The van der Waals surface area contributed by atoms with Crippen molar-refractivity contribution in [3.8, 4) is 17.2 Å². The number of amides is 1. The lowest BCUT2D eigenvalue weighted by atomic mass is 10.2. The normalized spacial score (nSPS) is 10.7. The highest BCUT2D eigenvalue weighted by Gasteiger charge is 2.04. The third-order valence-electron chi connectivity index (χ3n) is 2.97. The number of hydrogen-bond acceptors (Lipinski definition) is 5. The minimum atomic E-state index is -0.413. The Morgan fingerprint density at radius 1 is 1.22 bits per heavy atom. The van der Waals surface area contributed by atoms with Gasteiger partial charge in [-0.05, 0) is 42.8 Å². The van der Waals surface area contributed by atoms with Gasteiger partial charge in [0.1, 0.15) is 17.2 Å². The fourth-order valence-corrected chi connectivity index (χ4v) is 1.78. The maximum Gasteiger partial charge on any atom is 0.271 e. The summed E-state index contributed by atoms with van der Waals surface area (Å²) in [5, 5.41) is 22.9. The summed E-state index contributed by atoms with van der Waals surface area (Å²) in [6.07, 6.45) is 2.23. The molecule has 0 atom stereocenters. The maximum absolute atomic E-state index is 11.8. The van der Waals surface area contributed by atoms with Gasteiger partial charge in [-0.3, -0.25) is 4.79 Å². The third-order valence-corrected chi connectivity index (χ3v) is 2.97. The molecule has 0 heterocycles. The number of carbonyl (C=O) groups is 1. The first-order chi connectivity index (χ1) is 11.1. The molecule has 0 bridgehead atoms. The number of benzene rings is 2. The average Bonchev–Trinajstić information content (AvgIpc) is 2.55. The van der Waals surface area contributed by atoms with Crippen LogP contribution < -0.4 is 10.2 Å². The standard InChI is InChI=1S/C17H18N2O4/c1-2-9-23-15-8-5-13(16(21)10-15)11-18-19-17(22)12-3-6-14(20)7-4-12/h3-8,10-11,20-21H,2,9H2,1H3,(H,19,22)/b18-11+. The van der Waals surface area contributed by atoms with Crippen LogP contribution in [0.5, 0.6) is 17.2 Å². The van der Waals surface area contributed by atoms with Crippen LogP contribution in [0.3, 0.4) is 0 Å². The first-order valence-corrected chi connectivity index (χ1v) is 7.18. The van der Waals surface area contributed by atoms with Crippen LogP contribution in [-0.4, -0.2) is 28.9 Å². The van der Waals surface area contributed by atoms with Gasteiger partial charge in [-0.15, -0.1) is 0 Å². The molecule has 1 amide bonds. The van der Waals surface area contributed by atoms with Crippen molar-refractivity contribution in [2.24, 2.45) is 5.10 Å². The van der Waals surface area contributed by atoms with E-state index in [1.807, 2.05) is 6.92 Å². The summed E-state index contributed by atoms with van der Waals surface area (Å²) in [5.74, 6) is 0.264. The molecule has 0 fully saturated rings. The number of nitrogens with zero attached hydrogens (tertiary/aromatic N) is 1. The molecule has 0 aliphatic heterocycles. The molecule has 2 rings (SSSR count). The lowest BCUT2D eigenvalue weighted by Gasteiger charge is -2.06. The predicted octanol–water partition coefficient (Wildman–Crippen LogP) is 2.65. The molecule has 0 radical (unpaired) electrons. The molecule has 2 aromatic rings. The summed E-state index contributed by atoms with van der Waals surface area (Å²) in [4.78, 5) is 11.8. The summed E-state index contributed by atoms with van der Waals surface area (Å²) >= 11 is 0. The molecule has 0 aliphatic rings. The molecule has 0 unspecified atom stereocenters. The Kier molecular flexibility index (Phi) is 5.57. The number of rotatable bonds is 6. The Hall–Kier alpha value is -3.02. The molecule has 120 valence electrons. The fraction of sp³-hybridized carbons (Fsp3) is 0.176. The molecule has 0 saturated carbocycles. The summed E-state index contributed by atoms with van der Waals surface area (Å²) in [5.41, 5.74) is 3.18. The Bertz CT molecular complexity index is 696. The second-order valence-electron chi connectivity index (χ2n) is 4.82. The molecule has 0 aromatic heterocycles. The summed E-state index contributed by atoms with van der Waals surface area (Å²) in [6, 6.07) is 10.7. The molecule has 0 spiro atoms. The predicted molar refractivity (Wildman–Crippen MR) is 87.1 cm³/mol. The van der Waals surface area contributed by atoms with Crippen LogP contribution in [0, 0.1) is 0 Å². The van der Waals surface area contributed by atoms with Crippen LogP contribution >= 0.6 is 0 Å². The van der Waals surface area contributed by atoms with Crippen molar-refractivity contribution in [2.75, 3.05) is 6.61 Å². The van der Waals surface area contributed by atoms with Crippen molar-refractivity contribution in [1.82, 2.24) is 5.43 Å². The number of phenolic OH excluding ortho intramolecular Hbond substituents is 2. The number of hydrogen-bond donors (Lipinski definition) is 3. The lowest BCUT2D eigenvalue weighted by Crippen LogP contribution is -2.17. The van der Waals surface area contributed by atoms with Gasteiger partial charge in [0.25, 0.3) is 5.91 Å². The van der Waals surface area contributed by atoms with Gasteiger partial charge in [-0.2, -0.15) is 5.10 Å². The SMILES string of the molecule is CCCOc1ccc(/C=N/NC(=O)c2ccc(O)cc2)c(O)c1. The van der Waals surface area contributed by atoms with Crippen LogP contribution in [0.2, 0.25) is 0 Å². The van der Waals surface area contributed by atoms with Gasteiger partial charge in [0.15, 0.2) is 0 Å². The fourth-order valence-electron chi connectivity index (χ4n) is 1.78. The molecule has 3 N–H and O–H groups in total. The second-order valence-corrected chi connectivity index (χ2v) is 4.82. The van der Waals surface area contributed by atoms with Gasteiger partial charge in [0.05, 0.1) is 12.8 Å². The van der Waals surface area contributed by atoms with Crippen LogP contribution in [0.1, 0.15) is 29.3 Å². The number of carbonyl (C=O) groups excluding carboxylic acids is 1. The van der Waals surface area contributed by atoms with Crippen molar-refractivity contribution in [3.63, 3.8) is 0 Å². The molecule has 6 nitrogen and oxygen atoms in total. The highest BCUT2D eigenvalue weighted by atomic mass is 16.5. The summed E-state index contributed by atoms with van der Waals surface area (Å²) < 4.78 is 5.41. The first kappa shape index (κ1) is 16.4. The molecule has 2 aromatic carbocycles.